The highest BCUT2D eigenvalue weighted by molar-refractivity contribution is 5.99. The maximum Gasteiger partial charge on any atom is 0.252 e. The monoisotopic (exact) mass is 316 g/mol. The van der Waals surface area contributed by atoms with Crippen LogP contribution >= 0.6 is 0 Å². The molecule has 0 bridgehead atoms. The Morgan fingerprint density at radius 1 is 1.12 bits per heavy atom. The van der Waals surface area contributed by atoms with Gasteiger partial charge in [-0.2, -0.15) is 0 Å². The van der Waals surface area contributed by atoms with Crippen molar-refractivity contribution >= 4 is 28.4 Å². The number of hydrogen-bond acceptors (Lipinski definition) is 2. The summed E-state index contributed by atoms with van der Waals surface area (Å²) in [7, 11) is 0. The molecule has 0 aliphatic carbocycles. The number of carbonyl (C=O) groups excluding carboxylic acids is 1. The van der Waals surface area contributed by atoms with Crippen molar-refractivity contribution in [2.75, 3.05) is 5.73 Å². The molecule has 1 atom stereocenters. The van der Waals surface area contributed by atoms with Crippen molar-refractivity contribution in [1.82, 2.24) is 5.32 Å². The summed E-state index contributed by atoms with van der Waals surface area (Å²) in [6, 6.07) is 19.4. The van der Waals surface area contributed by atoms with Gasteiger partial charge in [0.2, 0.25) is 0 Å². The first-order chi connectivity index (χ1) is 11.6. The van der Waals surface area contributed by atoms with Crippen molar-refractivity contribution in [3.63, 3.8) is 0 Å². The van der Waals surface area contributed by atoms with Crippen LogP contribution < -0.4 is 11.1 Å². The standard InChI is InChI=1S/C21H20N2O/c1-3-15-11-12-17(22)13-20(15)21(24)23-14(2)18-10-6-8-16-7-4-5-9-19(16)18/h3-14H,1,22H2,2H3,(H,23,24)/t14-/m1/s1. The van der Waals surface area contributed by atoms with Crippen LogP contribution in [-0.2, 0) is 0 Å². The molecule has 24 heavy (non-hydrogen) atoms. The second kappa shape index (κ2) is 6.59. The summed E-state index contributed by atoms with van der Waals surface area (Å²) in [6.45, 7) is 5.75. The van der Waals surface area contributed by atoms with Gasteiger partial charge in [0.1, 0.15) is 0 Å². The lowest BCUT2D eigenvalue weighted by Crippen LogP contribution is -2.27. The van der Waals surface area contributed by atoms with Crippen LogP contribution in [0, 0.1) is 0 Å². The van der Waals surface area contributed by atoms with Gasteiger partial charge in [-0.3, -0.25) is 4.79 Å². The molecule has 3 aromatic rings. The molecular formula is C21H20N2O. The summed E-state index contributed by atoms with van der Waals surface area (Å²) in [5.41, 5.74) is 8.78. The molecule has 0 aromatic heterocycles. The van der Waals surface area contributed by atoms with E-state index in [0.717, 1.165) is 21.9 Å². The number of amides is 1. The predicted molar refractivity (Wildman–Crippen MR) is 101 cm³/mol. The fourth-order valence-corrected chi connectivity index (χ4v) is 2.93. The molecule has 0 heterocycles. The van der Waals surface area contributed by atoms with Gasteiger partial charge in [0.25, 0.3) is 5.91 Å². The summed E-state index contributed by atoms with van der Waals surface area (Å²) in [4.78, 5) is 12.7. The molecule has 0 saturated carbocycles. The Labute approximate surface area is 141 Å². The number of fused-ring (bicyclic) bond motifs is 1. The number of rotatable bonds is 4. The molecule has 3 heteroatoms. The van der Waals surface area contributed by atoms with Gasteiger partial charge in [-0.25, -0.2) is 0 Å². The van der Waals surface area contributed by atoms with Crippen LogP contribution in [0.25, 0.3) is 16.8 Å². The fourth-order valence-electron chi connectivity index (χ4n) is 2.93. The molecule has 0 spiro atoms. The van der Waals surface area contributed by atoms with E-state index in [9.17, 15) is 4.79 Å². The third kappa shape index (κ3) is 3.01. The van der Waals surface area contributed by atoms with Crippen molar-refractivity contribution in [3.05, 3.63) is 83.9 Å². The molecule has 1 amide bonds. The SMILES string of the molecule is C=Cc1ccc(N)cc1C(=O)N[C@H](C)c1cccc2ccccc12. The van der Waals surface area contributed by atoms with Crippen molar-refractivity contribution in [2.45, 2.75) is 13.0 Å². The number of nitrogens with two attached hydrogens (primary N) is 1. The Kier molecular flexibility index (Phi) is 4.34. The highest BCUT2D eigenvalue weighted by Crippen LogP contribution is 2.25. The van der Waals surface area contributed by atoms with Gasteiger partial charge in [-0.05, 0) is 41.0 Å². The largest absolute Gasteiger partial charge is 0.399 e. The number of carbonyl (C=O) groups is 1. The third-order valence-electron chi connectivity index (χ3n) is 4.18. The molecule has 3 rings (SSSR count). The van der Waals surface area contributed by atoms with Crippen molar-refractivity contribution in [3.8, 4) is 0 Å². The van der Waals surface area contributed by atoms with E-state index in [4.69, 9.17) is 5.73 Å². The summed E-state index contributed by atoms with van der Waals surface area (Å²) >= 11 is 0. The van der Waals surface area contributed by atoms with Crippen molar-refractivity contribution in [1.29, 1.82) is 0 Å². The summed E-state index contributed by atoms with van der Waals surface area (Å²) < 4.78 is 0. The van der Waals surface area contributed by atoms with Crippen molar-refractivity contribution < 1.29 is 4.79 Å². The first-order valence-electron chi connectivity index (χ1n) is 7.90. The fraction of sp³-hybridized carbons (Fsp3) is 0.0952. The zero-order valence-electron chi connectivity index (χ0n) is 13.6. The second-order valence-electron chi connectivity index (χ2n) is 5.81. The third-order valence-corrected chi connectivity index (χ3v) is 4.18. The lowest BCUT2D eigenvalue weighted by atomic mass is 9.99. The predicted octanol–water partition coefficient (Wildman–Crippen LogP) is 4.56. The zero-order valence-corrected chi connectivity index (χ0v) is 13.6. The van der Waals surface area contributed by atoms with Crippen LogP contribution in [0.4, 0.5) is 5.69 Å². The second-order valence-corrected chi connectivity index (χ2v) is 5.81. The smallest absolute Gasteiger partial charge is 0.252 e. The minimum Gasteiger partial charge on any atom is -0.399 e. The maximum atomic E-state index is 12.7. The summed E-state index contributed by atoms with van der Waals surface area (Å²) in [5, 5.41) is 5.37. The molecule has 0 aliphatic heterocycles. The van der Waals surface area contributed by atoms with E-state index >= 15 is 0 Å². The first-order valence-corrected chi connectivity index (χ1v) is 7.90. The van der Waals surface area contributed by atoms with E-state index in [2.05, 4.69) is 30.1 Å². The number of nitrogens with one attached hydrogen (secondary N) is 1. The van der Waals surface area contributed by atoms with Gasteiger partial charge < -0.3 is 11.1 Å². The lowest BCUT2D eigenvalue weighted by Gasteiger charge is -2.17. The maximum absolute atomic E-state index is 12.7. The molecule has 0 unspecified atom stereocenters. The Morgan fingerprint density at radius 3 is 2.67 bits per heavy atom. The average molecular weight is 316 g/mol. The molecule has 0 saturated heterocycles. The topological polar surface area (TPSA) is 55.1 Å². The average Bonchev–Trinajstić information content (AvgIpc) is 2.61. The van der Waals surface area contributed by atoms with Crippen LogP contribution in [0.5, 0.6) is 0 Å². The van der Waals surface area contributed by atoms with Crippen LogP contribution in [0.15, 0.2) is 67.2 Å². The molecule has 3 nitrogen and oxygen atoms in total. The number of benzene rings is 3. The molecular weight excluding hydrogens is 296 g/mol. The quantitative estimate of drug-likeness (QED) is 0.693. The first kappa shape index (κ1) is 15.8. The van der Waals surface area contributed by atoms with E-state index in [1.165, 1.54) is 0 Å². The molecule has 120 valence electrons. The van der Waals surface area contributed by atoms with Crippen LogP contribution in [-0.4, -0.2) is 5.91 Å². The Bertz CT molecular complexity index is 909. The minimum absolute atomic E-state index is 0.123. The summed E-state index contributed by atoms with van der Waals surface area (Å²) in [6.07, 6.45) is 1.66. The van der Waals surface area contributed by atoms with E-state index < -0.39 is 0 Å². The summed E-state index contributed by atoms with van der Waals surface area (Å²) in [5.74, 6) is -0.155. The van der Waals surface area contributed by atoms with Gasteiger partial charge in [0, 0.05) is 11.3 Å². The van der Waals surface area contributed by atoms with Crippen LogP contribution in [0.3, 0.4) is 0 Å². The van der Waals surface area contributed by atoms with E-state index in [-0.39, 0.29) is 11.9 Å². The van der Waals surface area contributed by atoms with Crippen LogP contribution in [0.2, 0.25) is 0 Å². The zero-order chi connectivity index (χ0) is 17.1. The molecule has 3 N–H and O–H groups in total. The van der Waals surface area contributed by atoms with E-state index in [1.54, 1.807) is 24.3 Å². The highest BCUT2D eigenvalue weighted by atomic mass is 16.1. The van der Waals surface area contributed by atoms with Gasteiger partial charge in [0.15, 0.2) is 0 Å². The lowest BCUT2D eigenvalue weighted by molar-refractivity contribution is 0.0940. The molecule has 0 fully saturated rings. The Balaban J connectivity index is 1.92. The Morgan fingerprint density at radius 2 is 1.88 bits per heavy atom. The number of nitrogen functional groups attached to an aromatic ring is 1. The molecule has 0 aliphatic rings. The van der Waals surface area contributed by atoms with Crippen LogP contribution in [0.1, 0.15) is 34.5 Å². The molecule has 3 aromatic carbocycles. The number of hydrogen-bond donors (Lipinski definition) is 2. The van der Waals surface area contributed by atoms with Crippen molar-refractivity contribution in [2.24, 2.45) is 0 Å². The van der Waals surface area contributed by atoms with Gasteiger partial charge >= 0.3 is 0 Å². The number of anilines is 1. The van der Waals surface area contributed by atoms with Gasteiger partial charge in [-0.1, -0.05) is 61.2 Å². The normalized spacial score (nSPS) is 11.9. The minimum atomic E-state index is -0.155. The van der Waals surface area contributed by atoms with Gasteiger partial charge in [0.05, 0.1) is 6.04 Å². The Hall–Kier alpha value is -3.07. The highest BCUT2D eigenvalue weighted by Gasteiger charge is 2.15. The van der Waals surface area contributed by atoms with E-state index in [1.807, 2.05) is 31.2 Å². The van der Waals surface area contributed by atoms with Gasteiger partial charge in [-0.15, -0.1) is 0 Å². The van der Waals surface area contributed by atoms with E-state index in [0.29, 0.717) is 11.3 Å². The molecule has 0 radical (unpaired) electrons.